The van der Waals surface area contributed by atoms with Gasteiger partial charge in [0.2, 0.25) is 0 Å². The Morgan fingerprint density at radius 1 is 0.459 bits per heavy atom. The summed E-state index contributed by atoms with van der Waals surface area (Å²) >= 11 is 1.67. The molecule has 8 aromatic carbocycles. The number of rotatable bonds is 4. The Bertz CT molecular complexity index is 2970. The molecule has 11 rings (SSSR count). The number of hydrogen-bond donors (Lipinski definition) is 0. The van der Waals surface area contributed by atoms with Crippen molar-refractivity contribution < 1.29 is 57.9 Å². The van der Waals surface area contributed by atoms with Gasteiger partial charge in [0.1, 0.15) is 0 Å². The zero-order valence-corrected chi connectivity index (χ0v) is 39.5. The van der Waals surface area contributed by atoms with E-state index in [9.17, 15) is 0 Å². The van der Waals surface area contributed by atoms with Crippen LogP contribution in [0.15, 0.2) is 154 Å². The molecule has 304 valence electrons. The second kappa shape index (κ2) is 18.5. The summed E-state index contributed by atoms with van der Waals surface area (Å²) in [6.45, 7) is 12.8. The average molecular weight is 915 g/mol. The molecule has 1 aliphatic rings. The Labute approximate surface area is 386 Å². The molecule has 1 fully saturated rings. The van der Waals surface area contributed by atoms with Crippen LogP contribution >= 0.6 is 0 Å². The molecule has 0 unspecified atom stereocenters. The zero-order valence-electron chi connectivity index (χ0n) is 35.6. The fourth-order valence-electron chi connectivity index (χ4n) is 8.46. The second-order valence-electron chi connectivity index (χ2n) is 16.3. The third kappa shape index (κ3) is 8.99. The molecular formula is C56H48Cl2O2Zr-2. The fraction of sp³-hybridized carbons (Fsp3) is 0.161. The summed E-state index contributed by atoms with van der Waals surface area (Å²) in [7, 11) is 0. The predicted octanol–water partition coefficient (Wildman–Crippen LogP) is 10.0. The molecule has 5 heteroatoms. The van der Waals surface area contributed by atoms with E-state index in [1.807, 2.05) is 26.0 Å². The van der Waals surface area contributed by atoms with E-state index in [1.54, 1.807) is 27.4 Å². The number of aryl methyl sites for hydroxylation is 4. The van der Waals surface area contributed by atoms with E-state index in [-0.39, 0.29) is 24.8 Å². The molecule has 1 aliphatic carbocycles. The van der Waals surface area contributed by atoms with Crippen LogP contribution in [0.3, 0.4) is 0 Å². The Balaban J connectivity index is 0.000000160. The van der Waals surface area contributed by atoms with Crippen LogP contribution in [0.2, 0.25) is 0 Å². The maximum absolute atomic E-state index is 5.86. The van der Waals surface area contributed by atoms with E-state index >= 15 is 0 Å². The molecule has 0 atom stereocenters. The minimum absolute atomic E-state index is 0. The van der Waals surface area contributed by atoms with Crippen LogP contribution in [0.5, 0.6) is 0 Å². The quantitative estimate of drug-likeness (QED) is 0.165. The molecule has 10 aromatic rings. The first-order valence-electron chi connectivity index (χ1n) is 20.7. The molecule has 0 N–H and O–H groups in total. The van der Waals surface area contributed by atoms with Crippen molar-refractivity contribution in [2.45, 2.75) is 60.8 Å². The van der Waals surface area contributed by atoms with Crippen molar-refractivity contribution in [3.63, 3.8) is 0 Å². The van der Waals surface area contributed by atoms with Gasteiger partial charge in [-0.25, -0.2) is 0 Å². The third-order valence-corrected chi connectivity index (χ3v) is 13.4. The van der Waals surface area contributed by atoms with Crippen LogP contribution in [0, 0.1) is 41.5 Å². The van der Waals surface area contributed by atoms with Crippen LogP contribution in [-0.4, -0.2) is 3.21 Å². The minimum atomic E-state index is 0. The molecule has 0 amide bonds. The molecule has 0 radical (unpaired) electrons. The van der Waals surface area contributed by atoms with Crippen molar-refractivity contribution in [2.75, 3.05) is 0 Å². The van der Waals surface area contributed by atoms with Gasteiger partial charge in [0, 0.05) is 0 Å². The van der Waals surface area contributed by atoms with Gasteiger partial charge in [0.05, 0.1) is 23.0 Å². The van der Waals surface area contributed by atoms with Crippen molar-refractivity contribution in [3.05, 3.63) is 179 Å². The first kappa shape index (κ1) is 44.0. The molecule has 61 heavy (non-hydrogen) atoms. The Morgan fingerprint density at radius 3 is 1.20 bits per heavy atom. The summed E-state index contributed by atoms with van der Waals surface area (Å²) in [6, 6.07) is 52.4. The van der Waals surface area contributed by atoms with Crippen LogP contribution < -0.4 is 24.8 Å². The Hall–Kier alpha value is -5.05. The molecule has 0 aliphatic heterocycles. The van der Waals surface area contributed by atoms with Crippen molar-refractivity contribution in [3.8, 4) is 44.9 Å². The predicted molar refractivity (Wildman–Crippen MR) is 248 cm³/mol. The Kier molecular flexibility index (Phi) is 13.4. The van der Waals surface area contributed by atoms with Gasteiger partial charge in [0.25, 0.3) is 0 Å². The normalized spacial score (nSPS) is 12.0. The van der Waals surface area contributed by atoms with Gasteiger partial charge in [-0.3, -0.25) is 0 Å². The van der Waals surface area contributed by atoms with Gasteiger partial charge in [-0.05, 0) is 122 Å². The van der Waals surface area contributed by atoms with E-state index in [0.29, 0.717) is 0 Å². The van der Waals surface area contributed by atoms with Gasteiger partial charge >= 0.3 is 46.7 Å². The molecule has 0 spiro atoms. The van der Waals surface area contributed by atoms with E-state index in [4.69, 9.17) is 8.83 Å². The standard InChI is InChI=1S/2C26H21O.C4H6.2ClH.Zr/c2*1-16-12-22-14-23(25-11-8-17(2)27-25)15-24(22)26(18(16)3)21-10-9-19-6-4-5-7-20(19)13-21;1-2-4-3-1;;;/h2*4-15H,1-3H3;1-3H2;2*1H;/q2*-1;;;;+2/p-2. The number of fused-ring (bicyclic) bond motifs is 4. The molecule has 2 aromatic heterocycles. The van der Waals surface area contributed by atoms with Crippen LogP contribution in [-0.2, 0) is 24.2 Å². The van der Waals surface area contributed by atoms with E-state index in [2.05, 4.69) is 161 Å². The van der Waals surface area contributed by atoms with Crippen LogP contribution in [0.25, 0.3) is 88.0 Å². The van der Waals surface area contributed by atoms with E-state index in [1.165, 1.54) is 107 Å². The van der Waals surface area contributed by atoms with Gasteiger partial charge in [0.15, 0.2) is 0 Å². The van der Waals surface area contributed by atoms with Crippen LogP contribution in [0.4, 0.5) is 0 Å². The van der Waals surface area contributed by atoms with Crippen molar-refractivity contribution in [2.24, 2.45) is 0 Å². The number of hydrogen-bond acceptors (Lipinski definition) is 2. The SMILES string of the molecule is Cc1ccc(-c2cc3c(-c4ccc5ccccc5c4)c(C)c(C)cc3[cH-]2)o1.Cc1ccc(-c2cc3c(-c4ccc5ccccc5c4)c(C)c(C)cc3[cH-]2)o1.[Cl-].[Cl-].[Zr+2]=[C]1CCC1. The number of halogens is 2. The summed E-state index contributed by atoms with van der Waals surface area (Å²) in [5, 5.41) is 10.2. The average Bonchev–Trinajstić information content (AvgIpc) is 4.05. The Morgan fingerprint density at radius 2 is 0.852 bits per heavy atom. The third-order valence-electron chi connectivity index (χ3n) is 12.1. The molecule has 1 saturated carbocycles. The van der Waals surface area contributed by atoms with Crippen molar-refractivity contribution >= 4 is 46.3 Å². The van der Waals surface area contributed by atoms with Gasteiger partial charge in [-0.1, -0.05) is 106 Å². The molecular weight excluding hydrogens is 867 g/mol. The monoisotopic (exact) mass is 912 g/mol. The molecule has 0 bridgehead atoms. The molecule has 2 heterocycles. The first-order valence-corrected chi connectivity index (χ1v) is 21.9. The summed E-state index contributed by atoms with van der Waals surface area (Å²) in [4.78, 5) is 0. The van der Waals surface area contributed by atoms with Crippen LogP contribution in [0.1, 0.15) is 53.0 Å². The molecule has 0 saturated heterocycles. The van der Waals surface area contributed by atoms with Crippen molar-refractivity contribution in [1.29, 1.82) is 0 Å². The summed E-state index contributed by atoms with van der Waals surface area (Å²) in [5.41, 5.74) is 12.8. The summed E-state index contributed by atoms with van der Waals surface area (Å²) in [5.74, 6) is 3.75. The number of furan rings is 2. The summed E-state index contributed by atoms with van der Waals surface area (Å²) < 4.78 is 13.5. The molecule has 2 nitrogen and oxygen atoms in total. The fourth-order valence-corrected chi connectivity index (χ4v) is 9.32. The van der Waals surface area contributed by atoms with Gasteiger partial charge in [-0.2, -0.15) is 0 Å². The van der Waals surface area contributed by atoms with Gasteiger partial charge in [-0.15, -0.1) is 57.9 Å². The second-order valence-corrected chi connectivity index (χ2v) is 18.0. The topological polar surface area (TPSA) is 26.3 Å². The first-order chi connectivity index (χ1) is 28.6. The van der Waals surface area contributed by atoms with E-state index in [0.717, 1.165) is 34.2 Å². The number of benzene rings is 6. The van der Waals surface area contributed by atoms with Gasteiger partial charge < -0.3 is 33.6 Å². The van der Waals surface area contributed by atoms with Crippen molar-refractivity contribution in [1.82, 2.24) is 0 Å². The maximum atomic E-state index is 5.86. The zero-order chi connectivity index (χ0) is 40.8. The van der Waals surface area contributed by atoms with E-state index < -0.39 is 0 Å². The summed E-state index contributed by atoms with van der Waals surface area (Å²) in [6.07, 6.45) is 4.36.